The van der Waals surface area contributed by atoms with Crippen molar-refractivity contribution in [2.45, 2.75) is 13.3 Å². The molecule has 0 radical (unpaired) electrons. The van der Waals surface area contributed by atoms with Crippen LogP contribution >= 0.6 is 11.6 Å². The van der Waals surface area contributed by atoms with Crippen molar-refractivity contribution in [3.63, 3.8) is 0 Å². The summed E-state index contributed by atoms with van der Waals surface area (Å²) in [7, 11) is 0. The first kappa shape index (κ1) is 20.5. The molecule has 0 bridgehead atoms. The average molecular weight is 438 g/mol. The van der Waals surface area contributed by atoms with Crippen LogP contribution in [0.25, 0.3) is 22.5 Å². The number of nitrogens with one attached hydrogen (secondary N) is 1. The lowest BCUT2D eigenvalue weighted by Gasteiger charge is -2.07. The fourth-order valence-electron chi connectivity index (χ4n) is 3.10. The molecule has 1 amide bonds. The number of nitrogens with zero attached hydrogens (tertiary/aromatic N) is 3. The van der Waals surface area contributed by atoms with Crippen molar-refractivity contribution in [1.29, 1.82) is 0 Å². The molecule has 156 valence electrons. The summed E-state index contributed by atoms with van der Waals surface area (Å²) < 4.78 is 19.2. The third-order valence-electron chi connectivity index (χ3n) is 4.62. The van der Waals surface area contributed by atoms with E-state index >= 15 is 0 Å². The highest BCUT2D eigenvalue weighted by Gasteiger charge is 2.23. The topological polar surface area (TPSA) is 107 Å². The van der Waals surface area contributed by atoms with Crippen molar-refractivity contribution >= 4 is 29.3 Å². The Morgan fingerprint density at radius 2 is 2.03 bits per heavy atom. The quantitative estimate of drug-likeness (QED) is 0.470. The van der Waals surface area contributed by atoms with E-state index in [1.807, 2.05) is 0 Å². The molecule has 7 nitrogen and oxygen atoms in total. The second kappa shape index (κ2) is 8.53. The Labute approximate surface area is 182 Å². The van der Waals surface area contributed by atoms with Crippen molar-refractivity contribution < 1.29 is 13.7 Å². The second-order valence-corrected chi connectivity index (χ2v) is 7.22. The monoisotopic (exact) mass is 437 g/mol. The molecule has 0 saturated carbocycles. The zero-order valence-corrected chi connectivity index (χ0v) is 17.2. The maximum atomic E-state index is 13.8. The number of rotatable bonds is 5. The minimum absolute atomic E-state index is 0.0384. The van der Waals surface area contributed by atoms with Gasteiger partial charge in [0, 0.05) is 16.8 Å². The highest BCUT2D eigenvalue weighted by molar-refractivity contribution is 6.31. The van der Waals surface area contributed by atoms with Crippen molar-refractivity contribution in [2.75, 3.05) is 11.1 Å². The van der Waals surface area contributed by atoms with Gasteiger partial charge in [0.1, 0.15) is 11.5 Å². The van der Waals surface area contributed by atoms with Crippen LogP contribution in [0.3, 0.4) is 0 Å². The molecule has 31 heavy (non-hydrogen) atoms. The Balaban J connectivity index is 1.74. The van der Waals surface area contributed by atoms with Gasteiger partial charge in [-0.2, -0.15) is 0 Å². The molecule has 3 N–H and O–H groups in total. The lowest BCUT2D eigenvalue weighted by atomic mass is 10.0. The molecule has 0 unspecified atom stereocenters. The van der Waals surface area contributed by atoms with Crippen LogP contribution in [-0.2, 0) is 11.2 Å². The summed E-state index contributed by atoms with van der Waals surface area (Å²) >= 11 is 6.15. The number of benzene rings is 2. The van der Waals surface area contributed by atoms with Gasteiger partial charge in [-0.3, -0.25) is 10.1 Å². The molecular weight excluding hydrogens is 421 g/mol. The smallest absolute Gasteiger partial charge is 0.241 e. The zero-order chi connectivity index (χ0) is 22.0. The lowest BCUT2D eigenvalue weighted by Crippen LogP contribution is -2.15. The average Bonchev–Trinajstić information content (AvgIpc) is 3.15. The van der Waals surface area contributed by atoms with Gasteiger partial charge in [0.25, 0.3) is 0 Å². The molecule has 0 aliphatic rings. The van der Waals surface area contributed by atoms with Gasteiger partial charge in [-0.15, -0.1) is 0 Å². The number of carbonyl (C=O) groups excluding carboxylic acids is 1. The minimum atomic E-state index is -0.352. The summed E-state index contributed by atoms with van der Waals surface area (Å²) in [5.41, 5.74) is 8.65. The number of anilines is 2. The summed E-state index contributed by atoms with van der Waals surface area (Å²) in [6.07, 6.45) is 1.52. The van der Waals surface area contributed by atoms with Crippen LogP contribution in [-0.4, -0.2) is 21.0 Å². The molecule has 0 aliphatic heterocycles. The molecular formula is C22H17ClFN5O2. The number of hydrogen-bond acceptors (Lipinski definition) is 6. The third-order valence-corrected chi connectivity index (χ3v) is 4.98. The standard InChI is InChI=1S/C22H17ClFN5O2/c1-12-10-14(6-7-16(12)24)20-19(17-8-9-26-22(25)27-17)21(31-29-20)28-18(30)11-13-4-2-3-5-15(13)23/h2-10H,11H2,1H3,(H,28,30)(H2,25,26,27). The van der Waals surface area contributed by atoms with Gasteiger partial charge in [-0.05, 0) is 48.4 Å². The SMILES string of the molecule is Cc1cc(-c2noc(NC(=O)Cc3ccccc3Cl)c2-c2ccnc(N)n2)ccc1F. The first-order valence-corrected chi connectivity index (χ1v) is 9.68. The summed E-state index contributed by atoms with van der Waals surface area (Å²) in [5, 5.41) is 7.31. The first-order chi connectivity index (χ1) is 14.9. The Bertz CT molecular complexity index is 1270. The van der Waals surface area contributed by atoms with Gasteiger partial charge in [0.2, 0.25) is 17.7 Å². The summed E-state index contributed by atoms with van der Waals surface area (Å²) in [6.45, 7) is 1.65. The fraction of sp³-hybridized carbons (Fsp3) is 0.0909. The van der Waals surface area contributed by atoms with E-state index in [9.17, 15) is 9.18 Å². The predicted octanol–water partition coefficient (Wildman–Crippen LogP) is 4.66. The number of halogens is 2. The van der Waals surface area contributed by atoms with Crippen LogP contribution in [0.2, 0.25) is 5.02 Å². The number of hydrogen-bond donors (Lipinski definition) is 2. The van der Waals surface area contributed by atoms with E-state index in [1.165, 1.54) is 12.3 Å². The summed E-state index contributed by atoms with van der Waals surface area (Å²) in [4.78, 5) is 20.8. The van der Waals surface area contributed by atoms with Gasteiger partial charge < -0.3 is 10.3 Å². The summed E-state index contributed by atoms with van der Waals surface area (Å²) in [5.74, 6) is -0.553. The maximum Gasteiger partial charge on any atom is 0.241 e. The van der Waals surface area contributed by atoms with Crippen LogP contribution in [0.15, 0.2) is 59.3 Å². The fourth-order valence-corrected chi connectivity index (χ4v) is 3.30. The molecule has 9 heteroatoms. The molecule has 4 aromatic rings. The number of aryl methyl sites for hydroxylation is 1. The molecule has 0 spiro atoms. The van der Waals surface area contributed by atoms with Gasteiger partial charge in [0.15, 0.2) is 0 Å². The largest absolute Gasteiger partial charge is 0.368 e. The van der Waals surface area contributed by atoms with Crippen LogP contribution in [0.5, 0.6) is 0 Å². The van der Waals surface area contributed by atoms with E-state index in [2.05, 4.69) is 20.4 Å². The maximum absolute atomic E-state index is 13.8. The Morgan fingerprint density at radius 3 is 2.77 bits per heavy atom. The van der Waals surface area contributed by atoms with Gasteiger partial charge in [-0.1, -0.05) is 35.0 Å². The van der Waals surface area contributed by atoms with Gasteiger partial charge in [-0.25, -0.2) is 14.4 Å². The van der Waals surface area contributed by atoms with Gasteiger partial charge in [0.05, 0.1) is 17.7 Å². The first-order valence-electron chi connectivity index (χ1n) is 9.30. The number of nitrogen functional groups attached to an aromatic ring is 1. The number of carbonyl (C=O) groups is 1. The number of amides is 1. The van der Waals surface area contributed by atoms with E-state index in [-0.39, 0.29) is 30.0 Å². The highest BCUT2D eigenvalue weighted by Crippen LogP contribution is 2.37. The van der Waals surface area contributed by atoms with E-state index < -0.39 is 0 Å². The predicted molar refractivity (Wildman–Crippen MR) is 116 cm³/mol. The van der Waals surface area contributed by atoms with E-state index in [0.29, 0.717) is 38.7 Å². The third kappa shape index (κ3) is 4.39. The van der Waals surface area contributed by atoms with Crippen molar-refractivity contribution in [2.24, 2.45) is 0 Å². The van der Waals surface area contributed by atoms with Crippen LogP contribution in [0.4, 0.5) is 16.2 Å². The number of aromatic nitrogens is 3. The number of nitrogens with two attached hydrogens (primary N) is 1. The minimum Gasteiger partial charge on any atom is -0.368 e. The van der Waals surface area contributed by atoms with E-state index in [1.54, 1.807) is 49.4 Å². The normalized spacial score (nSPS) is 10.8. The molecule has 0 saturated heterocycles. The zero-order valence-electron chi connectivity index (χ0n) is 16.4. The van der Waals surface area contributed by atoms with Crippen LogP contribution < -0.4 is 11.1 Å². The Morgan fingerprint density at radius 1 is 1.23 bits per heavy atom. The van der Waals surface area contributed by atoms with Gasteiger partial charge >= 0.3 is 0 Å². The molecule has 2 heterocycles. The molecule has 0 fully saturated rings. The van der Waals surface area contributed by atoms with E-state index in [0.717, 1.165) is 0 Å². The lowest BCUT2D eigenvalue weighted by molar-refractivity contribution is -0.115. The molecule has 0 atom stereocenters. The Kier molecular flexibility index (Phi) is 5.64. The van der Waals surface area contributed by atoms with Crippen molar-refractivity contribution in [3.05, 3.63) is 76.7 Å². The second-order valence-electron chi connectivity index (χ2n) is 6.82. The van der Waals surface area contributed by atoms with Crippen LogP contribution in [0, 0.1) is 12.7 Å². The summed E-state index contributed by atoms with van der Waals surface area (Å²) in [6, 6.07) is 13.2. The van der Waals surface area contributed by atoms with E-state index in [4.69, 9.17) is 21.9 Å². The molecule has 2 aromatic carbocycles. The molecule has 2 aromatic heterocycles. The molecule has 0 aliphatic carbocycles. The Hall–Kier alpha value is -3.78. The highest BCUT2D eigenvalue weighted by atomic mass is 35.5. The van der Waals surface area contributed by atoms with Crippen molar-refractivity contribution in [3.8, 4) is 22.5 Å². The van der Waals surface area contributed by atoms with Crippen molar-refractivity contribution in [1.82, 2.24) is 15.1 Å². The van der Waals surface area contributed by atoms with Crippen LogP contribution in [0.1, 0.15) is 11.1 Å². The molecule has 4 rings (SSSR count).